The Labute approximate surface area is 178 Å². The van der Waals surface area contributed by atoms with Gasteiger partial charge in [-0.1, -0.05) is 6.07 Å². The second kappa shape index (κ2) is 10.0. The molecule has 2 aromatic rings. The number of anilines is 1. The molecule has 9 heteroatoms. The van der Waals surface area contributed by atoms with Crippen LogP contribution in [0.3, 0.4) is 0 Å². The number of rotatable bonds is 9. The van der Waals surface area contributed by atoms with Crippen LogP contribution in [-0.2, 0) is 14.3 Å². The van der Waals surface area contributed by atoms with Crippen LogP contribution in [0.15, 0.2) is 36.4 Å². The highest BCUT2D eigenvalue weighted by atomic mass is 19.1. The van der Waals surface area contributed by atoms with E-state index in [1.807, 2.05) is 0 Å². The maximum absolute atomic E-state index is 13.8. The average molecular weight is 430 g/mol. The highest BCUT2D eigenvalue weighted by Gasteiger charge is 2.28. The minimum atomic E-state index is -0.562. The van der Waals surface area contributed by atoms with Crippen molar-refractivity contribution in [1.82, 2.24) is 5.32 Å². The van der Waals surface area contributed by atoms with Crippen molar-refractivity contribution in [2.75, 3.05) is 44.9 Å². The summed E-state index contributed by atoms with van der Waals surface area (Å²) in [6.07, 6.45) is 0. The van der Waals surface area contributed by atoms with Crippen molar-refractivity contribution in [1.29, 1.82) is 0 Å². The molecule has 1 N–H and O–H groups in total. The van der Waals surface area contributed by atoms with Crippen LogP contribution >= 0.6 is 0 Å². The standard InChI is InChI=1S/C22H23FN2O6/c1-14-3-5-16(23)20(9-14)30-12-18(26)15-4-6-19-17(10-15)25(22(28)13-31-19)11-21(27)24-7-8-29-2/h3-6,9-10H,7-8,11-13H2,1-2H3,(H,24,27). The van der Waals surface area contributed by atoms with Gasteiger partial charge < -0.3 is 19.5 Å². The van der Waals surface area contributed by atoms with Crippen molar-refractivity contribution in [3.05, 3.63) is 53.3 Å². The van der Waals surface area contributed by atoms with Gasteiger partial charge in [0, 0.05) is 19.2 Å². The van der Waals surface area contributed by atoms with E-state index in [0.29, 0.717) is 24.6 Å². The SMILES string of the molecule is COCCNC(=O)CN1C(=O)COc2ccc(C(=O)COc3cc(C)ccc3F)cc21. The number of carbonyl (C=O) groups is 3. The Kier molecular flexibility index (Phi) is 7.19. The number of amides is 2. The molecule has 0 atom stereocenters. The summed E-state index contributed by atoms with van der Waals surface area (Å²) < 4.78 is 29.5. The molecule has 164 valence electrons. The van der Waals surface area contributed by atoms with E-state index >= 15 is 0 Å². The fourth-order valence-electron chi connectivity index (χ4n) is 2.99. The summed E-state index contributed by atoms with van der Waals surface area (Å²) in [6, 6.07) is 8.93. The topological polar surface area (TPSA) is 94.2 Å². The van der Waals surface area contributed by atoms with Gasteiger partial charge in [-0.15, -0.1) is 0 Å². The normalized spacial score (nSPS) is 12.7. The summed E-state index contributed by atoms with van der Waals surface area (Å²) in [5.74, 6) is -1.38. The number of fused-ring (bicyclic) bond motifs is 1. The predicted octanol–water partition coefficient (Wildman–Crippen LogP) is 1.88. The lowest BCUT2D eigenvalue weighted by Gasteiger charge is -2.29. The molecule has 2 aromatic carbocycles. The highest BCUT2D eigenvalue weighted by molar-refractivity contribution is 6.04. The van der Waals surface area contributed by atoms with Crippen LogP contribution in [-0.4, -0.2) is 57.6 Å². The number of aryl methyl sites for hydroxylation is 1. The third-order valence-electron chi connectivity index (χ3n) is 4.60. The Balaban J connectivity index is 1.73. The molecule has 0 radical (unpaired) electrons. The second-order valence-electron chi connectivity index (χ2n) is 6.94. The molecule has 0 saturated heterocycles. The fourth-order valence-corrected chi connectivity index (χ4v) is 2.99. The van der Waals surface area contributed by atoms with E-state index in [1.165, 1.54) is 36.3 Å². The number of ketones is 1. The Morgan fingerprint density at radius 3 is 2.81 bits per heavy atom. The van der Waals surface area contributed by atoms with Gasteiger partial charge in [-0.3, -0.25) is 19.3 Å². The lowest BCUT2D eigenvalue weighted by Crippen LogP contribution is -2.45. The number of nitrogens with zero attached hydrogens (tertiary/aromatic N) is 1. The zero-order valence-corrected chi connectivity index (χ0v) is 17.3. The number of Topliss-reactive ketones (excluding diaryl/α,β-unsaturated/α-hetero) is 1. The summed E-state index contributed by atoms with van der Waals surface area (Å²) in [6.45, 7) is 1.63. The minimum Gasteiger partial charge on any atom is -0.482 e. The summed E-state index contributed by atoms with van der Waals surface area (Å²) in [5, 5.41) is 2.65. The molecule has 1 aliphatic heterocycles. The Hall–Kier alpha value is -3.46. The van der Waals surface area contributed by atoms with Crippen LogP contribution < -0.4 is 19.7 Å². The van der Waals surface area contributed by atoms with Crippen LogP contribution in [0.5, 0.6) is 11.5 Å². The molecular weight excluding hydrogens is 407 g/mol. The number of nitrogens with one attached hydrogen (secondary N) is 1. The molecule has 0 unspecified atom stereocenters. The zero-order chi connectivity index (χ0) is 22.4. The molecule has 1 aliphatic rings. The fraction of sp³-hybridized carbons (Fsp3) is 0.318. The first-order valence-electron chi connectivity index (χ1n) is 9.64. The van der Waals surface area contributed by atoms with Crippen LogP contribution in [0.2, 0.25) is 0 Å². The maximum atomic E-state index is 13.8. The van der Waals surface area contributed by atoms with Crippen molar-refractivity contribution in [3.63, 3.8) is 0 Å². The van der Waals surface area contributed by atoms with Crippen molar-refractivity contribution < 1.29 is 33.0 Å². The number of benzene rings is 2. The molecule has 0 spiro atoms. The molecule has 2 amide bonds. The van der Waals surface area contributed by atoms with Crippen LogP contribution in [0.1, 0.15) is 15.9 Å². The van der Waals surface area contributed by atoms with E-state index in [0.717, 1.165) is 5.56 Å². The number of ether oxygens (including phenoxy) is 3. The molecule has 1 heterocycles. The Morgan fingerprint density at radius 2 is 2.03 bits per heavy atom. The van der Waals surface area contributed by atoms with Gasteiger partial charge in [0.1, 0.15) is 12.3 Å². The van der Waals surface area contributed by atoms with Gasteiger partial charge in [-0.25, -0.2) is 4.39 Å². The maximum Gasteiger partial charge on any atom is 0.265 e. The molecule has 0 fully saturated rings. The molecule has 0 bridgehead atoms. The lowest BCUT2D eigenvalue weighted by atomic mass is 10.1. The number of carbonyl (C=O) groups excluding carboxylic acids is 3. The number of hydrogen-bond donors (Lipinski definition) is 1. The molecule has 0 aromatic heterocycles. The molecular formula is C22H23FN2O6. The van der Waals surface area contributed by atoms with E-state index < -0.39 is 17.5 Å². The molecule has 0 aliphatic carbocycles. The van der Waals surface area contributed by atoms with Gasteiger partial charge in [0.25, 0.3) is 5.91 Å². The van der Waals surface area contributed by atoms with Gasteiger partial charge in [0.15, 0.2) is 30.6 Å². The first-order chi connectivity index (χ1) is 14.9. The quantitative estimate of drug-likeness (QED) is 0.482. The monoisotopic (exact) mass is 430 g/mol. The first kappa shape index (κ1) is 22.2. The Bertz CT molecular complexity index is 994. The zero-order valence-electron chi connectivity index (χ0n) is 17.3. The van der Waals surface area contributed by atoms with E-state index in [-0.39, 0.29) is 37.0 Å². The van der Waals surface area contributed by atoms with Gasteiger partial charge in [0.2, 0.25) is 5.91 Å². The van der Waals surface area contributed by atoms with E-state index in [2.05, 4.69) is 5.32 Å². The van der Waals surface area contributed by atoms with Crippen molar-refractivity contribution in [2.24, 2.45) is 0 Å². The smallest absolute Gasteiger partial charge is 0.265 e. The summed E-state index contributed by atoms with van der Waals surface area (Å²) >= 11 is 0. The predicted molar refractivity (Wildman–Crippen MR) is 110 cm³/mol. The van der Waals surface area contributed by atoms with Crippen LogP contribution in [0.4, 0.5) is 10.1 Å². The molecule has 8 nitrogen and oxygen atoms in total. The average Bonchev–Trinajstić information content (AvgIpc) is 2.76. The largest absolute Gasteiger partial charge is 0.482 e. The number of halogens is 1. The van der Waals surface area contributed by atoms with Crippen LogP contribution in [0.25, 0.3) is 0 Å². The van der Waals surface area contributed by atoms with Crippen LogP contribution in [0, 0.1) is 12.7 Å². The number of hydrogen-bond acceptors (Lipinski definition) is 6. The lowest BCUT2D eigenvalue weighted by molar-refractivity contribution is -0.125. The minimum absolute atomic E-state index is 0.0147. The molecule has 3 rings (SSSR count). The molecule has 31 heavy (non-hydrogen) atoms. The van der Waals surface area contributed by atoms with Crippen molar-refractivity contribution >= 4 is 23.3 Å². The summed E-state index contributed by atoms with van der Waals surface area (Å²) in [7, 11) is 1.52. The van der Waals surface area contributed by atoms with Crippen molar-refractivity contribution in [2.45, 2.75) is 6.92 Å². The van der Waals surface area contributed by atoms with E-state index in [9.17, 15) is 18.8 Å². The van der Waals surface area contributed by atoms with Gasteiger partial charge in [0.05, 0.1) is 12.3 Å². The highest BCUT2D eigenvalue weighted by Crippen LogP contribution is 2.33. The second-order valence-corrected chi connectivity index (χ2v) is 6.94. The third kappa shape index (κ3) is 5.58. The number of methoxy groups -OCH3 is 1. The third-order valence-corrected chi connectivity index (χ3v) is 4.60. The van der Waals surface area contributed by atoms with Gasteiger partial charge >= 0.3 is 0 Å². The van der Waals surface area contributed by atoms with Gasteiger partial charge in [-0.2, -0.15) is 0 Å². The van der Waals surface area contributed by atoms with Crippen molar-refractivity contribution in [3.8, 4) is 11.5 Å². The summed E-state index contributed by atoms with van der Waals surface area (Å²) in [5.41, 5.74) is 1.35. The van der Waals surface area contributed by atoms with E-state index in [4.69, 9.17) is 14.2 Å². The van der Waals surface area contributed by atoms with Gasteiger partial charge in [-0.05, 0) is 42.8 Å². The Morgan fingerprint density at radius 1 is 1.23 bits per heavy atom. The first-order valence-corrected chi connectivity index (χ1v) is 9.64. The summed E-state index contributed by atoms with van der Waals surface area (Å²) in [4.78, 5) is 38.3. The van der Waals surface area contributed by atoms with E-state index in [1.54, 1.807) is 19.1 Å². The molecule has 0 saturated carbocycles.